The molecule has 3 aromatic rings. The lowest BCUT2D eigenvalue weighted by Gasteiger charge is -2.43. The number of fused-ring (bicyclic) bond motifs is 2. The first-order valence-electron chi connectivity index (χ1n) is 12.7. The van der Waals surface area contributed by atoms with Crippen molar-refractivity contribution in [1.29, 1.82) is 0 Å². The van der Waals surface area contributed by atoms with E-state index < -0.39 is 0 Å². The van der Waals surface area contributed by atoms with E-state index in [1.54, 1.807) is 0 Å². The summed E-state index contributed by atoms with van der Waals surface area (Å²) in [6.07, 6.45) is 9.32. The number of amides is 1. The molecule has 3 aliphatic carbocycles. The van der Waals surface area contributed by atoms with Crippen molar-refractivity contribution in [2.75, 3.05) is 0 Å². The highest BCUT2D eigenvalue weighted by Gasteiger charge is 2.54. The molecule has 1 amide bonds. The van der Waals surface area contributed by atoms with Crippen LogP contribution in [0.25, 0.3) is 11.8 Å². The first-order valence-corrected chi connectivity index (χ1v) is 12.7. The SMILES string of the molecule is CC1(NC(=O)c2ccccc2CO[C@@]2(C)CCC3=Cc4c(cnn4-c4ccccc4)C[C@@]32C)CC1. The van der Waals surface area contributed by atoms with Gasteiger partial charge >= 0.3 is 0 Å². The Labute approximate surface area is 207 Å². The Hall–Kier alpha value is -3.18. The van der Waals surface area contributed by atoms with Crippen LogP contribution in [0.1, 0.15) is 73.6 Å². The number of nitrogens with one attached hydrogen (secondary N) is 1. The fraction of sp³-hybridized carbons (Fsp3) is 0.400. The lowest BCUT2D eigenvalue weighted by atomic mass is 9.68. The molecular formula is C30H33N3O2. The summed E-state index contributed by atoms with van der Waals surface area (Å²) in [6.45, 7) is 7.11. The van der Waals surface area contributed by atoms with Gasteiger partial charge in [-0.2, -0.15) is 5.10 Å². The molecule has 0 bridgehead atoms. The maximum absolute atomic E-state index is 13.0. The third-order valence-electron chi connectivity index (χ3n) is 8.71. The van der Waals surface area contributed by atoms with Crippen molar-refractivity contribution in [3.8, 4) is 5.69 Å². The van der Waals surface area contributed by atoms with Crippen molar-refractivity contribution in [1.82, 2.24) is 15.1 Å². The molecule has 1 aromatic heterocycles. The van der Waals surface area contributed by atoms with Crippen molar-refractivity contribution < 1.29 is 9.53 Å². The van der Waals surface area contributed by atoms with Gasteiger partial charge in [0, 0.05) is 16.5 Å². The van der Waals surface area contributed by atoms with E-state index in [2.05, 4.69) is 44.3 Å². The van der Waals surface area contributed by atoms with E-state index in [9.17, 15) is 4.79 Å². The van der Waals surface area contributed by atoms with E-state index in [-0.39, 0.29) is 22.5 Å². The smallest absolute Gasteiger partial charge is 0.252 e. The van der Waals surface area contributed by atoms with Crippen molar-refractivity contribution in [3.05, 3.63) is 88.8 Å². The molecule has 1 N–H and O–H groups in total. The van der Waals surface area contributed by atoms with Crippen LogP contribution in [0.4, 0.5) is 0 Å². The van der Waals surface area contributed by atoms with Gasteiger partial charge in [-0.25, -0.2) is 4.68 Å². The van der Waals surface area contributed by atoms with E-state index >= 15 is 0 Å². The highest BCUT2D eigenvalue weighted by molar-refractivity contribution is 5.96. The van der Waals surface area contributed by atoms with Gasteiger partial charge in [0.1, 0.15) is 0 Å². The van der Waals surface area contributed by atoms with Gasteiger partial charge in [-0.05, 0) is 81.4 Å². The maximum Gasteiger partial charge on any atom is 0.252 e. The van der Waals surface area contributed by atoms with Crippen LogP contribution in [-0.4, -0.2) is 26.8 Å². The van der Waals surface area contributed by atoms with Gasteiger partial charge < -0.3 is 10.1 Å². The molecule has 0 saturated heterocycles. The second-order valence-electron chi connectivity index (χ2n) is 11.2. The molecule has 35 heavy (non-hydrogen) atoms. The summed E-state index contributed by atoms with van der Waals surface area (Å²) in [4.78, 5) is 13.0. The zero-order chi connectivity index (χ0) is 24.3. The molecule has 6 rings (SSSR count). The lowest BCUT2D eigenvalue weighted by molar-refractivity contribution is -0.0992. The minimum Gasteiger partial charge on any atom is -0.370 e. The van der Waals surface area contributed by atoms with Crippen LogP contribution in [0.2, 0.25) is 0 Å². The summed E-state index contributed by atoms with van der Waals surface area (Å²) < 4.78 is 8.79. The third-order valence-corrected chi connectivity index (χ3v) is 8.71. The molecule has 2 aromatic carbocycles. The fourth-order valence-electron chi connectivity index (χ4n) is 5.79. The number of carbonyl (C=O) groups excluding carboxylic acids is 1. The molecule has 0 unspecified atom stereocenters. The molecule has 0 aliphatic heterocycles. The quantitative estimate of drug-likeness (QED) is 0.493. The number of aromatic nitrogens is 2. The van der Waals surface area contributed by atoms with E-state index in [4.69, 9.17) is 9.84 Å². The highest BCUT2D eigenvalue weighted by atomic mass is 16.5. The van der Waals surface area contributed by atoms with Crippen LogP contribution < -0.4 is 5.32 Å². The normalized spacial score (nSPS) is 26.0. The van der Waals surface area contributed by atoms with E-state index in [1.807, 2.05) is 53.3 Å². The third kappa shape index (κ3) is 3.73. The van der Waals surface area contributed by atoms with Crippen LogP contribution in [-0.2, 0) is 17.8 Å². The number of ether oxygens (including phenoxy) is 1. The Bertz CT molecular complexity index is 1320. The van der Waals surface area contributed by atoms with Gasteiger partial charge in [0.15, 0.2) is 0 Å². The fourth-order valence-corrected chi connectivity index (χ4v) is 5.79. The van der Waals surface area contributed by atoms with Crippen LogP contribution in [0, 0.1) is 5.41 Å². The highest BCUT2D eigenvalue weighted by Crippen LogP contribution is 2.57. The zero-order valence-electron chi connectivity index (χ0n) is 20.8. The molecule has 2 fully saturated rings. The largest absolute Gasteiger partial charge is 0.370 e. The predicted octanol–water partition coefficient (Wildman–Crippen LogP) is 5.87. The molecule has 0 radical (unpaired) electrons. The van der Waals surface area contributed by atoms with Gasteiger partial charge in [0.05, 0.1) is 29.8 Å². The maximum atomic E-state index is 13.0. The average Bonchev–Trinajstić information content (AvgIpc) is 3.35. The second kappa shape index (κ2) is 7.92. The summed E-state index contributed by atoms with van der Waals surface area (Å²) in [5.74, 6) is 0.00297. The number of para-hydroxylation sites is 1. The van der Waals surface area contributed by atoms with E-state index in [0.717, 1.165) is 48.9 Å². The van der Waals surface area contributed by atoms with Crippen LogP contribution in [0.5, 0.6) is 0 Å². The molecule has 3 aliphatic rings. The van der Waals surface area contributed by atoms with Crippen LogP contribution >= 0.6 is 0 Å². The van der Waals surface area contributed by atoms with Gasteiger partial charge in [-0.15, -0.1) is 0 Å². The number of hydrogen-bond donors (Lipinski definition) is 1. The predicted molar refractivity (Wildman–Crippen MR) is 137 cm³/mol. The number of rotatable bonds is 6. The van der Waals surface area contributed by atoms with E-state index in [0.29, 0.717) is 6.61 Å². The first-order chi connectivity index (χ1) is 16.8. The Morgan fingerprint density at radius 2 is 1.77 bits per heavy atom. The zero-order valence-corrected chi connectivity index (χ0v) is 20.8. The van der Waals surface area contributed by atoms with Crippen molar-refractivity contribution in [2.45, 2.75) is 70.6 Å². The number of benzene rings is 2. The Morgan fingerprint density at radius 1 is 1.03 bits per heavy atom. The Kier molecular flexibility index (Phi) is 5.05. The summed E-state index contributed by atoms with van der Waals surface area (Å²) in [5, 5.41) is 7.91. The summed E-state index contributed by atoms with van der Waals surface area (Å²) in [6, 6.07) is 18.2. The Balaban J connectivity index is 1.24. The number of carbonyl (C=O) groups is 1. The average molecular weight is 468 g/mol. The van der Waals surface area contributed by atoms with Crippen molar-refractivity contribution >= 4 is 12.0 Å². The van der Waals surface area contributed by atoms with Gasteiger partial charge in [-0.3, -0.25) is 4.79 Å². The van der Waals surface area contributed by atoms with Crippen molar-refractivity contribution in [2.24, 2.45) is 5.41 Å². The summed E-state index contributed by atoms with van der Waals surface area (Å²) in [7, 11) is 0. The first kappa shape index (κ1) is 22.3. The second-order valence-corrected chi connectivity index (χ2v) is 11.2. The van der Waals surface area contributed by atoms with E-state index in [1.165, 1.54) is 16.8 Å². The minimum atomic E-state index is -0.322. The molecule has 1 heterocycles. The molecule has 0 spiro atoms. The molecular weight excluding hydrogens is 434 g/mol. The lowest BCUT2D eigenvalue weighted by Crippen LogP contribution is -2.45. The van der Waals surface area contributed by atoms with Gasteiger partial charge in [-0.1, -0.05) is 48.9 Å². The molecule has 180 valence electrons. The van der Waals surface area contributed by atoms with Gasteiger partial charge in [0.2, 0.25) is 0 Å². The van der Waals surface area contributed by atoms with Crippen LogP contribution in [0.3, 0.4) is 0 Å². The topological polar surface area (TPSA) is 56.1 Å². The number of nitrogens with zero attached hydrogens (tertiary/aromatic N) is 2. The minimum absolute atomic E-state index is 0.00297. The van der Waals surface area contributed by atoms with Gasteiger partial charge in [0.25, 0.3) is 5.91 Å². The molecule has 5 heteroatoms. The monoisotopic (exact) mass is 467 g/mol. The summed E-state index contributed by atoms with van der Waals surface area (Å²) in [5.41, 5.74) is 6.15. The summed E-state index contributed by atoms with van der Waals surface area (Å²) >= 11 is 0. The van der Waals surface area contributed by atoms with Crippen LogP contribution in [0.15, 0.2) is 66.4 Å². The standard InChI is InChI=1S/C30H33N3O2/c1-28(15-16-28)32-27(34)25-12-8-7-9-21(25)20-35-30(3)14-13-23-17-26-22(18-29(23,30)2)19-31-33(26)24-10-5-4-6-11-24/h4-12,17,19H,13-16,18,20H2,1-3H3,(H,32,34)/t29-,30-/m0/s1. The Morgan fingerprint density at radius 3 is 2.54 bits per heavy atom. The van der Waals surface area contributed by atoms with Crippen molar-refractivity contribution in [3.63, 3.8) is 0 Å². The molecule has 2 atom stereocenters. The molecule has 5 nitrogen and oxygen atoms in total. The molecule has 2 saturated carbocycles. The number of hydrogen-bond acceptors (Lipinski definition) is 3.